The van der Waals surface area contributed by atoms with Crippen LogP contribution in [-0.4, -0.2) is 79.0 Å². The first-order chi connectivity index (χ1) is 16.1. The Bertz CT molecular complexity index is 1300. The third-order valence-corrected chi connectivity index (χ3v) is 5.77. The molecule has 5 atom stereocenters. The van der Waals surface area contributed by atoms with Crippen molar-refractivity contribution < 1.29 is 54.7 Å². The van der Waals surface area contributed by atoms with Gasteiger partial charge in [0.05, 0.1) is 19.3 Å². The highest BCUT2D eigenvalue weighted by atomic mass is 16.5. The lowest BCUT2D eigenvalue weighted by Gasteiger charge is -2.40. The molecule has 0 unspecified atom stereocenters. The molecule has 1 aliphatic heterocycles. The topological polar surface area (TPSA) is 211 Å². The lowest BCUT2D eigenvalue weighted by atomic mass is 9.89. The minimum absolute atomic E-state index is 0.0447. The molecule has 182 valence electrons. The standard InChI is InChI=1S/C22H22O12/c1-32-10-5-11-13(16(27)14(10)22-20(31)18(29)15(26)12(6-23)34-22)17(28)19(30)21(33-11)7-2-3-8(24)9(25)4-7/h2-5,12,15,18,20,22-27,29-31H,6H2,1H3/t12-,15-,18+,20+,22+/m1/s1. The van der Waals surface area contributed by atoms with Crippen molar-refractivity contribution in [1.29, 1.82) is 0 Å². The zero-order chi connectivity index (χ0) is 24.9. The fourth-order valence-corrected chi connectivity index (χ4v) is 3.96. The van der Waals surface area contributed by atoms with Gasteiger partial charge in [-0.1, -0.05) is 0 Å². The molecule has 12 nitrogen and oxygen atoms in total. The number of hydrogen-bond donors (Lipinski definition) is 8. The largest absolute Gasteiger partial charge is 0.506 e. The Balaban J connectivity index is 1.94. The van der Waals surface area contributed by atoms with Crippen LogP contribution in [-0.2, 0) is 4.74 Å². The molecular formula is C22H22O12. The van der Waals surface area contributed by atoms with Crippen molar-refractivity contribution in [3.05, 3.63) is 40.1 Å². The van der Waals surface area contributed by atoms with Crippen LogP contribution < -0.4 is 10.2 Å². The Labute approximate surface area is 190 Å². The van der Waals surface area contributed by atoms with Crippen molar-refractivity contribution in [3.8, 4) is 40.1 Å². The molecule has 1 aromatic heterocycles. The van der Waals surface area contributed by atoms with Crippen molar-refractivity contribution in [2.45, 2.75) is 30.5 Å². The lowest BCUT2D eigenvalue weighted by molar-refractivity contribution is -0.232. The maximum atomic E-state index is 13.0. The Morgan fingerprint density at radius 1 is 0.941 bits per heavy atom. The molecule has 0 spiro atoms. The molecule has 0 radical (unpaired) electrons. The number of methoxy groups -OCH3 is 1. The van der Waals surface area contributed by atoms with Crippen LogP contribution in [0.5, 0.6) is 28.7 Å². The maximum absolute atomic E-state index is 13.0. The van der Waals surface area contributed by atoms with Gasteiger partial charge < -0.3 is 54.7 Å². The number of aliphatic hydroxyl groups excluding tert-OH is 4. The van der Waals surface area contributed by atoms with Crippen LogP contribution in [0.25, 0.3) is 22.3 Å². The maximum Gasteiger partial charge on any atom is 0.238 e. The van der Waals surface area contributed by atoms with E-state index in [-0.39, 0.29) is 28.2 Å². The normalized spacial score (nSPS) is 24.9. The van der Waals surface area contributed by atoms with E-state index in [0.29, 0.717) is 0 Å². The zero-order valence-electron chi connectivity index (χ0n) is 17.6. The summed E-state index contributed by atoms with van der Waals surface area (Å²) in [5.41, 5.74) is -1.56. The molecule has 1 fully saturated rings. The van der Waals surface area contributed by atoms with Crippen molar-refractivity contribution in [2.75, 3.05) is 13.7 Å². The fourth-order valence-electron chi connectivity index (χ4n) is 3.96. The number of phenols is 3. The summed E-state index contributed by atoms with van der Waals surface area (Å²) in [5.74, 6) is -3.17. The van der Waals surface area contributed by atoms with Crippen LogP contribution in [0.2, 0.25) is 0 Å². The van der Waals surface area contributed by atoms with Gasteiger partial charge in [-0.15, -0.1) is 0 Å². The van der Waals surface area contributed by atoms with Crippen molar-refractivity contribution in [3.63, 3.8) is 0 Å². The molecule has 0 amide bonds. The molecule has 2 heterocycles. The van der Waals surface area contributed by atoms with Crippen LogP contribution in [0.1, 0.15) is 11.7 Å². The second kappa shape index (κ2) is 8.66. The number of phenolic OH excluding ortho intramolecular Hbond substituents is 3. The lowest BCUT2D eigenvalue weighted by Crippen LogP contribution is -2.55. The van der Waals surface area contributed by atoms with Gasteiger partial charge in [0.1, 0.15) is 53.0 Å². The Morgan fingerprint density at radius 3 is 2.26 bits per heavy atom. The Morgan fingerprint density at radius 2 is 1.65 bits per heavy atom. The summed E-state index contributed by atoms with van der Waals surface area (Å²) in [6.45, 7) is -0.718. The summed E-state index contributed by atoms with van der Waals surface area (Å²) in [5, 5.41) is 80.3. The van der Waals surface area contributed by atoms with Gasteiger partial charge >= 0.3 is 0 Å². The molecule has 8 N–H and O–H groups in total. The quantitative estimate of drug-likeness (QED) is 0.229. The highest BCUT2D eigenvalue weighted by Gasteiger charge is 2.46. The van der Waals surface area contributed by atoms with Gasteiger partial charge in [-0.3, -0.25) is 4.79 Å². The first-order valence-corrected chi connectivity index (χ1v) is 10.0. The average Bonchev–Trinajstić information content (AvgIpc) is 2.82. The Kier molecular flexibility index (Phi) is 6.02. The van der Waals surface area contributed by atoms with Gasteiger partial charge in [-0.25, -0.2) is 0 Å². The molecule has 12 heteroatoms. The van der Waals surface area contributed by atoms with Crippen molar-refractivity contribution in [2.24, 2.45) is 0 Å². The van der Waals surface area contributed by atoms with E-state index in [2.05, 4.69) is 0 Å². The number of aromatic hydroxyl groups is 4. The smallest absolute Gasteiger partial charge is 0.238 e. The van der Waals surface area contributed by atoms with Gasteiger partial charge in [-0.2, -0.15) is 0 Å². The highest BCUT2D eigenvalue weighted by Crippen LogP contribution is 2.46. The van der Waals surface area contributed by atoms with E-state index in [1.807, 2.05) is 0 Å². The number of fused-ring (bicyclic) bond motifs is 1. The molecule has 34 heavy (non-hydrogen) atoms. The van der Waals surface area contributed by atoms with Crippen LogP contribution >= 0.6 is 0 Å². The predicted molar refractivity (Wildman–Crippen MR) is 114 cm³/mol. The summed E-state index contributed by atoms with van der Waals surface area (Å²) in [6, 6.07) is 4.63. The van der Waals surface area contributed by atoms with Gasteiger partial charge in [0.2, 0.25) is 11.2 Å². The molecule has 3 aromatic rings. The monoisotopic (exact) mass is 478 g/mol. The highest BCUT2D eigenvalue weighted by molar-refractivity contribution is 5.90. The molecular weight excluding hydrogens is 456 g/mol. The summed E-state index contributed by atoms with van der Waals surface area (Å²) < 4.78 is 16.4. The molecule has 0 saturated carbocycles. The third kappa shape index (κ3) is 3.57. The predicted octanol–water partition coefficient (Wildman–Crippen LogP) is -0.194. The number of hydrogen-bond acceptors (Lipinski definition) is 12. The summed E-state index contributed by atoms with van der Waals surface area (Å²) >= 11 is 0. The van der Waals surface area contributed by atoms with E-state index in [1.165, 1.54) is 19.2 Å². The fraction of sp³-hybridized carbons (Fsp3) is 0.318. The first-order valence-electron chi connectivity index (χ1n) is 10.0. The summed E-state index contributed by atoms with van der Waals surface area (Å²) in [7, 11) is 1.21. The molecule has 1 saturated heterocycles. The second-order valence-corrected chi connectivity index (χ2v) is 7.78. The minimum atomic E-state index is -1.78. The Hall–Kier alpha value is -3.55. The average molecular weight is 478 g/mol. The minimum Gasteiger partial charge on any atom is -0.506 e. The zero-order valence-corrected chi connectivity index (χ0v) is 17.6. The van der Waals surface area contributed by atoms with Crippen molar-refractivity contribution in [1.82, 2.24) is 0 Å². The van der Waals surface area contributed by atoms with Gasteiger partial charge in [0, 0.05) is 11.6 Å². The number of benzene rings is 2. The van der Waals surface area contributed by atoms with E-state index in [9.17, 15) is 45.6 Å². The molecule has 4 rings (SSSR count). The van der Waals surface area contributed by atoms with E-state index in [0.717, 1.165) is 12.1 Å². The SMILES string of the molecule is COc1cc2oc(-c3ccc(O)c(O)c3)c(O)c(=O)c2c(O)c1[C@@H]1O[C@H](CO)[C@@H](O)[C@H](O)[C@@H]1O. The number of rotatable bonds is 4. The van der Waals surface area contributed by atoms with Crippen LogP contribution in [0.15, 0.2) is 33.5 Å². The van der Waals surface area contributed by atoms with E-state index in [4.69, 9.17) is 13.9 Å². The molecule has 2 aromatic carbocycles. The number of aliphatic hydroxyl groups is 4. The molecule has 1 aliphatic rings. The van der Waals surface area contributed by atoms with Crippen molar-refractivity contribution >= 4 is 11.0 Å². The van der Waals surface area contributed by atoms with E-state index in [1.54, 1.807) is 0 Å². The van der Waals surface area contributed by atoms with Crippen LogP contribution in [0.4, 0.5) is 0 Å². The third-order valence-electron chi connectivity index (χ3n) is 5.77. The second-order valence-electron chi connectivity index (χ2n) is 7.78. The van der Waals surface area contributed by atoms with Crippen LogP contribution in [0, 0.1) is 0 Å². The van der Waals surface area contributed by atoms with E-state index < -0.39 is 70.9 Å². The first kappa shape index (κ1) is 23.6. The molecule has 0 bridgehead atoms. The van der Waals surface area contributed by atoms with Gasteiger partial charge in [0.15, 0.2) is 17.3 Å². The summed E-state index contributed by atoms with van der Waals surface area (Å²) in [4.78, 5) is 13.0. The summed E-state index contributed by atoms with van der Waals surface area (Å²) in [6.07, 6.45) is -8.02. The van der Waals surface area contributed by atoms with Gasteiger partial charge in [0.25, 0.3) is 0 Å². The number of ether oxygens (including phenoxy) is 2. The van der Waals surface area contributed by atoms with Gasteiger partial charge in [-0.05, 0) is 18.2 Å². The van der Waals surface area contributed by atoms with E-state index >= 15 is 0 Å². The molecule has 0 aliphatic carbocycles. The van der Waals surface area contributed by atoms with Crippen LogP contribution in [0.3, 0.4) is 0 Å².